The number of pyridine rings is 1. The zero-order valence-corrected chi connectivity index (χ0v) is 10.3. The molecule has 1 rings (SSSR count). The van der Waals surface area contributed by atoms with Crippen LogP contribution >= 0.6 is 0 Å². The lowest BCUT2D eigenvalue weighted by Crippen LogP contribution is -2.43. The Morgan fingerprint density at radius 2 is 2.17 bits per heavy atom. The average Bonchev–Trinajstić information content (AvgIpc) is 2.31. The predicted octanol–water partition coefficient (Wildman–Crippen LogP) is 0.136. The van der Waals surface area contributed by atoms with Crippen LogP contribution in [0.2, 0.25) is 0 Å². The summed E-state index contributed by atoms with van der Waals surface area (Å²) < 4.78 is 1.25. The molecule has 0 radical (unpaired) electrons. The molecule has 2 N–H and O–H groups in total. The highest BCUT2D eigenvalue weighted by atomic mass is 16.4. The number of nitrogens with one attached hydrogen (secondary N) is 1. The summed E-state index contributed by atoms with van der Waals surface area (Å²) >= 11 is 0. The molecule has 1 unspecified atom stereocenters. The molecule has 0 aliphatic rings. The van der Waals surface area contributed by atoms with Crippen LogP contribution in [0.3, 0.4) is 0 Å². The Kier molecular flexibility index (Phi) is 4.65. The Hall–Kier alpha value is -2.11. The van der Waals surface area contributed by atoms with Crippen LogP contribution in [-0.2, 0) is 16.1 Å². The number of hydrogen-bond acceptors (Lipinski definition) is 3. The molecule has 0 spiro atoms. The lowest BCUT2D eigenvalue weighted by Gasteiger charge is -2.13. The van der Waals surface area contributed by atoms with Crippen molar-refractivity contribution in [3.05, 3.63) is 34.2 Å². The van der Waals surface area contributed by atoms with Crippen LogP contribution < -0.4 is 10.9 Å². The molecule has 1 aromatic rings. The van der Waals surface area contributed by atoms with E-state index in [-0.39, 0.29) is 12.1 Å². The van der Waals surface area contributed by atoms with Gasteiger partial charge < -0.3 is 15.0 Å². The van der Waals surface area contributed by atoms with Gasteiger partial charge in [-0.25, -0.2) is 4.79 Å². The summed E-state index contributed by atoms with van der Waals surface area (Å²) in [4.78, 5) is 34.0. The molecule has 1 atom stereocenters. The van der Waals surface area contributed by atoms with Crippen LogP contribution in [0.15, 0.2) is 23.1 Å². The standard InChI is InChI=1S/C12H16N2O4/c1-3-9(12(17)18)13-10(15)7-14-6-4-5-8(2)11(14)16/h4-6,9H,3,7H2,1-2H3,(H,13,15)(H,17,18). The number of rotatable bonds is 5. The summed E-state index contributed by atoms with van der Waals surface area (Å²) in [5, 5.41) is 11.2. The maximum absolute atomic E-state index is 11.7. The van der Waals surface area contributed by atoms with Gasteiger partial charge in [-0.05, 0) is 19.4 Å². The number of amides is 1. The summed E-state index contributed by atoms with van der Waals surface area (Å²) in [5.74, 6) is -1.57. The van der Waals surface area contributed by atoms with Gasteiger partial charge in [0.25, 0.3) is 5.56 Å². The van der Waals surface area contributed by atoms with Gasteiger partial charge in [-0.1, -0.05) is 13.0 Å². The van der Waals surface area contributed by atoms with E-state index in [4.69, 9.17) is 5.11 Å². The van der Waals surface area contributed by atoms with Crippen LogP contribution in [0.1, 0.15) is 18.9 Å². The second kappa shape index (κ2) is 6.00. The molecule has 6 nitrogen and oxygen atoms in total. The van der Waals surface area contributed by atoms with Gasteiger partial charge in [0.05, 0.1) is 0 Å². The Bertz CT molecular complexity index is 507. The third-order valence-corrected chi connectivity index (χ3v) is 2.57. The van der Waals surface area contributed by atoms with Crippen molar-refractivity contribution in [2.45, 2.75) is 32.9 Å². The molecule has 1 heterocycles. The quantitative estimate of drug-likeness (QED) is 0.780. The van der Waals surface area contributed by atoms with E-state index < -0.39 is 17.9 Å². The molecule has 18 heavy (non-hydrogen) atoms. The summed E-state index contributed by atoms with van der Waals surface area (Å²) in [6, 6.07) is 2.40. The normalized spacial score (nSPS) is 11.9. The first-order valence-electron chi connectivity index (χ1n) is 5.64. The number of carbonyl (C=O) groups is 2. The van der Waals surface area contributed by atoms with Crippen LogP contribution in [0.25, 0.3) is 0 Å². The molecular weight excluding hydrogens is 236 g/mol. The Morgan fingerprint density at radius 3 is 2.72 bits per heavy atom. The second-order valence-corrected chi connectivity index (χ2v) is 3.99. The van der Waals surface area contributed by atoms with E-state index >= 15 is 0 Å². The van der Waals surface area contributed by atoms with Gasteiger partial charge >= 0.3 is 5.97 Å². The summed E-state index contributed by atoms with van der Waals surface area (Å²) in [5.41, 5.74) is 0.284. The Balaban J connectivity index is 2.73. The molecule has 0 bridgehead atoms. The molecule has 0 aliphatic carbocycles. The fourth-order valence-corrected chi connectivity index (χ4v) is 1.51. The largest absolute Gasteiger partial charge is 0.480 e. The topological polar surface area (TPSA) is 88.4 Å². The maximum Gasteiger partial charge on any atom is 0.326 e. The SMILES string of the molecule is CCC(NC(=O)Cn1cccc(C)c1=O)C(=O)O. The summed E-state index contributed by atoms with van der Waals surface area (Å²) in [6.07, 6.45) is 1.79. The molecule has 0 aromatic carbocycles. The fraction of sp³-hybridized carbons (Fsp3) is 0.417. The third-order valence-electron chi connectivity index (χ3n) is 2.57. The Morgan fingerprint density at radius 1 is 1.50 bits per heavy atom. The molecule has 98 valence electrons. The minimum Gasteiger partial charge on any atom is -0.480 e. The van der Waals surface area contributed by atoms with Crippen molar-refractivity contribution in [2.24, 2.45) is 0 Å². The van der Waals surface area contributed by atoms with Crippen molar-refractivity contribution in [3.63, 3.8) is 0 Å². The third kappa shape index (κ3) is 3.44. The Labute approximate surface area is 104 Å². The number of aromatic nitrogens is 1. The van der Waals surface area contributed by atoms with Gasteiger partial charge in [-0.3, -0.25) is 9.59 Å². The summed E-state index contributed by atoms with van der Waals surface area (Å²) in [7, 11) is 0. The smallest absolute Gasteiger partial charge is 0.326 e. The molecule has 6 heteroatoms. The monoisotopic (exact) mass is 252 g/mol. The first kappa shape index (κ1) is 14.0. The van der Waals surface area contributed by atoms with Gasteiger partial charge in [0.2, 0.25) is 5.91 Å². The lowest BCUT2D eigenvalue weighted by molar-refractivity contribution is -0.142. The van der Waals surface area contributed by atoms with Crippen molar-refractivity contribution >= 4 is 11.9 Å². The van der Waals surface area contributed by atoms with Crippen molar-refractivity contribution in [3.8, 4) is 0 Å². The number of carboxylic acids is 1. The van der Waals surface area contributed by atoms with Gasteiger partial charge in [-0.15, -0.1) is 0 Å². The van der Waals surface area contributed by atoms with Crippen LogP contribution in [0.5, 0.6) is 0 Å². The van der Waals surface area contributed by atoms with Crippen molar-refractivity contribution in [1.82, 2.24) is 9.88 Å². The fourth-order valence-electron chi connectivity index (χ4n) is 1.51. The van der Waals surface area contributed by atoms with Crippen LogP contribution in [0, 0.1) is 6.92 Å². The van der Waals surface area contributed by atoms with E-state index in [0.29, 0.717) is 12.0 Å². The molecular formula is C12H16N2O4. The van der Waals surface area contributed by atoms with E-state index in [1.165, 1.54) is 10.8 Å². The van der Waals surface area contributed by atoms with Gasteiger partial charge in [-0.2, -0.15) is 0 Å². The second-order valence-electron chi connectivity index (χ2n) is 3.99. The zero-order valence-electron chi connectivity index (χ0n) is 10.3. The highest BCUT2D eigenvalue weighted by Gasteiger charge is 2.17. The molecule has 0 saturated carbocycles. The minimum atomic E-state index is -1.08. The first-order chi connectivity index (χ1) is 8.45. The first-order valence-corrected chi connectivity index (χ1v) is 5.64. The molecule has 1 aromatic heterocycles. The average molecular weight is 252 g/mol. The number of aryl methyl sites for hydroxylation is 1. The van der Waals surface area contributed by atoms with Crippen molar-refractivity contribution in [1.29, 1.82) is 0 Å². The minimum absolute atomic E-state index is 0.176. The van der Waals surface area contributed by atoms with E-state index in [9.17, 15) is 14.4 Å². The number of hydrogen-bond donors (Lipinski definition) is 2. The highest BCUT2D eigenvalue weighted by Crippen LogP contribution is 1.93. The van der Waals surface area contributed by atoms with Gasteiger partial charge in [0.15, 0.2) is 0 Å². The lowest BCUT2D eigenvalue weighted by atomic mass is 10.2. The number of aliphatic carboxylic acids is 1. The van der Waals surface area contributed by atoms with Gasteiger partial charge in [0.1, 0.15) is 12.6 Å². The molecule has 0 aliphatic heterocycles. The zero-order chi connectivity index (χ0) is 13.7. The van der Waals surface area contributed by atoms with E-state index in [1.54, 1.807) is 26.0 Å². The van der Waals surface area contributed by atoms with Crippen LogP contribution in [-0.4, -0.2) is 27.6 Å². The van der Waals surface area contributed by atoms with Crippen molar-refractivity contribution < 1.29 is 14.7 Å². The molecule has 0 fully saturated rings. The van der Waals surface area contributed by atoms with E-state index in [2.05, 4.69) is 5.32 Å². The summed E-state index contributed by atoms with van der Waals surface area (Å²) in [6.45, 7) is 3.14. The van der Waals surface area contributed by atoms with E-state index in [1.807, 2.05) is 0 Å². The number of carbonyl (C=O) groups excluding carboxylic acids is 1. The predicted molar refractivity (Wildman–Crippen MR) is 65.3 cm³/mol. The number of carboxylic acid groups (broad SMARTS) is 1. The van der Waals surface area contributed by atoms with Crippen molar-refractivity contribution in [2.75, 3.05) is 0 Å². The molecule has 0 saturated heterocycles. The number of nitrogens with zero attached hydrogens (tertiary/aromatic N) is 1. The van der Waals surface area contributed by atoms with E-state index in [0.717, 1.165) is 0 Å². The highest BCUT2D eigenvalue weighted by molar-refractivity contribution is 5.83. The van der Waals surface area contributed by atoms with Crippen LogP contribution in [0.4, 0.5) is 0 Å². The van der Waals surface area contributed by atoms with Gasteiger partial charge in [0, 0.05) is 11.8 Å². The molecule has 1 amide bonds. The maximum atomic E-state index is 11.7.